The highest BCUT2D eigenvalue weighted by atomic mass is 16.2. The van der Waals surface area contributed by atoms with Crippen LogP contribution < -0.4 is 5.32 Å². The molecule has 1 saturated carbocycles. The van der Waals surface area contributed by atoms with Crippen LogP contribution in [0.5, 0.6) is 0 Å². The van der Waals surface area contributed by atoms with E-state index in [2.05, 4.69) is 58.5 Å². The first-order chi connectivity index (χ1) is 14.2. The maximum atomic E-state index is 13.4. The molecule has 1 aliphatic carbocycles. The number of hydrogen-bond donors (Lipinski definition) is 2. The van der Waals surface area contributed by atoms with E-state index in [-0.39, 0.29) is 5.91 Å². The maximum Gasteiger partial charge on any atom is 0.270 e. The predicted octanol–water partition coefficient (Wildman–Crippen LogP) is 5.04. The van der Waals surface area contributed by atoms with Gasteiger partial charge in [-0.2, -0.15) is 0 Å². The third kappa shape index (κ3) is 4.23. The van der Waals surface area contributed by atoms with Gasteiger partial charge in [-0.25, -0.2) is 0 Å². The molecule has 2 atom stereocenters. The molecule has 2 aromatic carbocycles. The van der Waals surface area contributed by atoms with Gasteiger partial charge in [-0.05, 0) is 56.7 Å². The Morgan fingerprint density at radius 3 is 2.62 bits per heavy atom. The Morgan fingerprint density at radius 2 is 1.86 bits per heavy atom. The molecule has 29 heavy (non-hydrogen) atoms. The van der Waals surface area contributed by atoms with Crippen molar-refractivity contribution in [2.75, 3.05) is 6.54 Å². The highest BCUT2D eigenvalue weighted by Crippen LogP contribution is 2.27. The number of H-pyrrole nitrogens is 1. The number of carbonyl (C=O) groups excluding carboxylic acids is 1. The molecule has 0 radical (unpaired) electrons. The van der Waals surface area contributed by atoms with Gasteiger partial charge >= 0.3 is 0 Å². The maximum absolute atomic E-state index is 13.4. The molecule has 3 aromatic rings. The third-order valence-corrected chi connectivity index (χ3v) is 6.31. The van der Waals surface area contributed by atoms with E-state index in [4.69, 9.17) is 0 Å². The van der Waals surface area contributed by atoms with Crippen molar-refractivity contribution in [1.29, 1.82) is 0 Å². The van der Waals surface area contributed by atoms with E-state index in [1.165, 1.54) is 12.0 Å². The van der Waals surface area contributed by atoms with Crippen LogP contribution in [0.25, 0.3) is 10.9 Å². The van der Waals surface area contributed by atoms with Crippen LogP contribution in [0.4, 0.5) is 0 Å². The number of benzene rings is 2. The van der Waals surface area contributed by atoms with E-state index in [0.29, 0.717) is 12.1 Å². The standard InChI is InChI=1S/C25H31N3O/c1-3-28(25(29)24-18(2)22-14-7-8-15-23(22)27-24)21-13-9-12-20(16-21)26-17-19-10-5-4-6-11-19/h4-8,10-11,14-15,20-21,26-27H,3,9,12-13,16-17H2,1-2H3. The summed E-state index contributed by atoms with van der Waals surface area (Å²) in [6, 6.07) is 19.4. The van der Waals surface area contributed by atoms with Crippen molar-refractivity contribution < 1.29 is 4.79 Å². The predicted molar refractivity (Wildman–Crippen MR) is 119 cm³/mol. The van der Waals surface area contributed by atoms with Crippen LogP contribution in [0.3, 0.4) is 0 Å². The number of para-hydroxylation sites is 1. The molecule has 4 rings (SSSR count). The third-order valence-electron chi connectivity index (χ3n) is 6.31. The fourth-order valence-electron chi connectivity index (χ4n) is 4.70. The van der Waals surface area contributed by atoms with Gasteiger partial charge in [0, 0.05) is 36.1 Å². The Balaban J connectivity index is 1.46. The molecule has 2 N–H and O–H groups in total. The van der Waals surface area contributed by atoms with Crippen molar-refractivity contribution in [2.24, 2.45) is 0 Å². The lowest BCUT2D eigenvalue weighted by molar-refractivity contribution is 0.0622. The number of fused-ring (bicyclic) bond motifs is 1. The van der Waals surface area contributed by atoms with Gasteiger partial charge in [0.25, 0.3) is 5.91 Å². The zero-order chi connectivity index (χ0) is 20.2. The Kier molecular flexibility index (Phi) is 6.00. The molecule has 0 saturated heterocycles. The number of aryl methyl sites for hydroxylation is 1. The summed E-state index contributed by atoms with van der Waals surface area (Å²) in [5.41, 5.74) is 4.15. The minimum absolute atomic E-state index is 0.134. The second-order valence-corrected chi connectivity index (χ2v) is 8.15. The van der Waals surface area contributed by atoms with Crippen molar-refractivity contribution in [3.63, 3.8) is 0 Å². The summed E-state index contributed by atoms with van der Waals surface area (Å²) in [5, 5.41) is 4.85. The van der Waals surface area contributed by atoms with E-state index < -0.39 is 0 Å². The molecule has 4 heteroatoms. The topological polar surface area (TPSA) is 48.1 Å². The lowest BCUT2D eigenvalue weighted by Gasteiger charge is -2.37. The summed E-state index contributed by atoms with van der Waals surface area (Å²) in [5.74, 6) is 0.134. The summed E-state index contributed by atoms with van der Waals surface area (Å²) >= 11 is 0. The summed E-state index contributed by atoms with van der Waals surface area (Å²) in [6.45, 7) is 5.77. The van der Waals surface area contributed by atoms with Crippen LogP contribution >= 0.6 is 0 Å². The SMILES string of the molecule is CCN(C(=O)c1[nH]c2ccccc2c1C)C1CCCC(NCc2ccccc2)C1. The first-order valence-corrected chi connectivity index (χ1v) is 10.8. The minimum atomic E-state index is 0.134. The fourth-order valence-corrected chi connectivity index (χ4v) is 4.70. The van der Waals surface area contributed by atoms with Crippen LogP contribution in [0.2, 0.25) is 0 Å². The van der Waals surface area contributed by atoms with Crippen molar-refractivity contribution in [3.05, 3.63) is 71.4 Å². The van der Waals surface area contributed by atoms with E-state index in [1.54, 1.807) is 0 Å². The van der Waals surface area contributed by atoms with E-state index in [0.717, 1.165) is 54.5 Å². The van der Waals surface area contributed by atoms with E-state index >= 15 is 0 Å². The first-order valence-electron chi connectivity index (χ1n) is 10.8. The molecular weight excluding hydrogens is 358 g/mol. The fraction of sp³-hybridized carbons (Fsp3) is 0.400. The Morgan fingerprint density at radius 1 is 1.10 bits per heavy atom. The molecule has 1 heterocycles. The smallest absolute Gasteiger partial charge is 0.270 e. The van der Waals surface area contributed by atoms with E-state index in [1.807, 2.05) is 25.1 Å². The summed E-state index contributed by atoms with van der Waals surface area (Å²) < 4.78 is 0. The van der Waals surface area contributed by atoms with Gasteiger partial charge in [-0.3, -0.25) is 4.79 Å². The largest absolute Gasteiger partial charge is 0.350 e. The van der Waals surface area contributed by atoms with Crippen molar-refractivity contribution in [1.82, 2.24) is 15.2 Å². The number of aromatic amines is 1. The molecule has 1 fully saturated rings. The molecule has 0 bridgehead atoms. The van der Waals surface area contributed by atoms with Gasteiger partial charge in [0.05, 0.1) is 0 Å². The Labute approximate surface area is 173 Å². The number of carbonyl (C=O) groups is 1. The minimum Gasteiger partial charge on any atom is -0.350 e. The summed E-state index contributed by atoms with van der Waals surface area (Å²) in [6.07, 6.45) is 4.45. The van der Waals surface area contributed by atoms with Crippen molar-refractivity contribution in [2.45, 2.75) is 58.2 Å². The highest BCUT2D eigenvalue weighted by Gasteiger charge is 2.30. The summed E-state index contributed by atoms with van der Waals surface area (Å²) in [4.78, 5) is 18.9. The number of nitrogens with one attached hydrogen (secondary N) is 2. The molecule has 4 nitrogen and oxygen atoms in total. The van der Waals surface area contributed by atoms with Crippen LogP contribution in [-0.2, 0) is 6.54 Å². The first kappa shape index (κ1) is 19.7. The van der Waals surface area contributed by atoms with Gasteiger partial charge in [0.15, 0.2) is 0 Å². The molecule has 1 aliphatic rings. The van der Waals surface area contributed by atoms with E-state index in [9.17, 15) is 4.79 Å². The molecule has 2 unspecified atom stereocenters. The Bertz CT molecular complexity index is 963. The van der Waals surface area contributed by atoms with Gasteiger partial charge in [-0.1, -0.05) is 48.5 Å². The van der Waals surface area contributed by atoms with Gasteiger partial charge in [-0.15, -0.1) is 0 Å². The van der Waals surface area contributed by atoms with Gasteiger partial charge in [0.2, 0.25) is 0 Å². The lowest BCUT2D eigenvalue weighted by atomic mass is 9.89. The average molecular weight is 390 g/mol. The van der Waals surface area contributed by atoms with Crippen molar-refractivity contribution in [3.8, 4) is 0 Å². The molecule has 1 amide bonds. The normalized spacial score (nSPS) is 19.4. The van der Waals surface area contributed by atoms with Gasteiger partial charge in [0.1, 0.15) is 5.69 Å². The molecule has 0 aliphatic heterocycles. The zero-order valence-corrected chi connectivity index (χ0v) is 17.4. The quantitative estimate of drug-likeness (QED) is 0.620. The molecule has 152 valence electrons. The van der Waals surface area contributed by atoms with Crippen LogP contribution in [0.1, 0.15) is 54.2 Å². The average Bonchev–Trinajstić information content (AvgIpc) is 3.11. The number of rotatable bonds is 6. The second-order valence-electron chi connectivity index (χ2n) is 8.15. The number of amides is 1. The molecule has 0 spiro atoms. The van der Waals surface area contributed by atoms with Crippen LogP contribution in [-0.4, -0.2) is 34.4 Å². The van der Waals surface area contributed by atoms with Crippen molar-refractivity contribution >= 4 is 16.8 Å². The summed E-state index contributed by atoms with van der Waals surface area (Å²) in [7, 11) is 0. The van der Waals surface area contributed by atoms with Gasteiger partial charge < -0.3 is 15.2 Å². The molecule has 1 aromatic heterocycles. The van der Waals surface area contributed by atoms with Crippen LogP contribution in [0.15, 0.2) is 54.6 Å². The van der Waals surface area contributed by atoms with Crippen LogP contribution in [0, 0.1) is 6.92 Å². The highest BCUT2D eigenvalue weighted by molar-refractivity contribution is 6.01. The second kappa shape index (κ2) is 8.83. The number of aromatic nitrogens is 1. The lowest BCUT2D eigenvalue weighted by Crippen LogP contribution is -2.47. The number of nitrogens with zero attached hydrogens (tertiary/aromatic N) is 1. The molecular formula is C25H31N3O. The zero-order valence-electron chi connectivity index (χ0n) is 17.4. The number of hydrogen-bond acceptors (Lipinski definition) is 2. The monoisotopic (exact) mass is 389 g/mol. The Hall–Kier alpha value is -2.59.